The van der Waals surface area contributed by atoms with Gasteiger partial charge < -0.3 is 24.7 Å². The molecule has 1 atom stereocenters. The Morgan fingerprint density at radius 3 is 2.25 bits per heavy atom. The molecule has 3 N–H and O–H groups in total. The molecule has 0 radical (unpaired) electrons. The molecule has 0 saturated heterocycles. The van der Waals surface area contributed by atoms with Crippen LogP contribution in [0.1, 0.15) is 23.7 Å². The van der Waals surface area contributed by atoms with E-state index < -0.39 is 10.0 Å². The Morgan fingerprint density at radius 2 is 1.53 bits per heavy atom. The minimum atomic E-state index is -3.61. The number of aryl methyl sites for hydroxylation is 1. The summed E-state index contributed by atoms with van der Waals surface area (Å²) in [6, 6.07) is 14.8. The van der Waals surface area contributed by atoms with Crippen molar-refractivity contribution in [3.05, 3.63) is 59.7 Å². The third-order valence-electron chi connectivity index (χ3n) is 5.03. The van der Waals surface area contributed by atoms with E-state index in [9.17, 15) is 8.42 Å². The average molecular weight is 465 g/mol. The lowest BCUT2D eigenvalue weighted by Crippen LogP contribution is -2.27. The van der Waals surface area contributed by atoms with Crippen LogP contribution < -0.4 is 15.2 Å². The van der Waals surface area contributed by atoms with Gasteiger partial charge in [0.05, 0.1) is 44.5 Å². The van der Waals surface area contributed by atoms with Gasteiger partial charge in [0.1, 0.15) is 11.9 Å². The Hall–Kier alpha value is -2.01. The van der Waals surface area contributed by atoms with E-state index in [-0.39, 0.29) is 24.2 Å². The third-order valence-corrected chi connectivity index (χ3v) is 6.51. The predicted molar refractivity (Wildman–Crippen MR) is 121 cm³/mol. The molecule has 1 aliphatic carbocycles. The summed E-state index contributed by atoms with van der Waals surface area (Å²) in [5.41, 5.74) is 7.83. The Balaban J connectivity index is 1.34. The summed E-state index contributed by atoms with van der Waals surface area (Å²) in [6.45, 7) is 3.23. The lowest BCUT2D eigenvalue weighted by atomic mass is 10.1. The minimum absolute atomic E-state index is 0.00590. The Labute approximate surface area is 190 Å². The van der Waals surface area contributed by atoms with Gasteiger partial charge in [0.2, 0.25) is 10.0 Å². The lowest BCUT2D eigenvalue weighted by Gasteiger charge is -2.15. The van der Waals surface area contributed by atoms with Gasteiger partial charge in [0.25, 0.3) is 0 Å². The zero-order valence-corrected chi connectivity index (χ0v) is 19.0. The Morgan fingerprint density at radius 1 is 0.875 bits per heavy atom. The molecule has 0 heterocycles. The molecule has 9 heteroatoms. The fourth-order valence-corrected chi connectivity index (χ4v) is 4.47. The zero-order valence-electron chi connectivity index (χ0n) is 18.2. The number of fused-ring (bicyclic) bond motifs is 1. The number of nitrogens with two attached hydrogens (primary N) is 1. The third kappa shape index (κ3) is 7.54. The molecular formula is C23H32N2O6S. The first-order chi connectivity index (χ1) is 15.6. The monoisotopic (exact) mass is 464 g/mol. The zero-order chi connectivity index (χ0) is 22.7. The molecule has 3 rings (SSSR count). The van der Waals surface area contributed by atoms with Crippen LogP contribution >= 0.6 is 0 Å². The molecule has 0 unspecified atom stereocenters. The van der Waals surface area contributed by atoms with Crippen LogP contribution in [0.15, 0.2) is 53.4 Å². The first kappa shape index (κ1) is 24.6. The van der Waals surface area contributed by atoms with Crippen molar-refractivity contribution in [3.63, 3.8) is 0 Å². The highest BCUT2D eigenvalue weighted by Gasteiger charge is 2.23. The van der Waals surface area contributed by atoms with Crippen LogP contribution in [-0.4, -0.2) is 61.1 Å². The summed E-state index contributed by atoms with van der Waals surface area (Å²) >= 11 is 0. The highest BCUT2D eigenvalue weighted by Crippen LogP contribution is 2.34. The van der Waals surface area contributed by atoms with Gasteiger partial charge in [-0.15, -0.1) is 0 Å². The van der Waals surface area contributed by atoms with Crippen molar-refractivity contribution in [2.45, 2.75) is 23.8 Å². The van der Waals surface area contributed by atoms with Gasteiger partial charge in [0, 0.05) is 13.1 Å². The van der Waals surface area contributed by atoms with Crippen LogP contribution in [0.5, 0.6) is 5.75 Å². The van der Waals surface area contributed by atoms with Crippen molar-refractivity contribution in [1.29, 1.82) is 0 Å². The van der Waals surface area contributed by atoms with Crippen LogP contribution in [0.2, 0.25) is 0 Å². The van der Waals surface area contributed by atoms with Crippen molar-refractivity contribution in [1.82, 2.24) is 4.72 Å². The molecule has 0 amide bonds. The number of sulfonamides is 1. The van der Waals surface area contributed by atoms with E-state index >= 15 is 0 Å². The molecule has 176 valence electrons. The number of hydrogen-bond acceptors (Lipinski definition) is 7. The maximum absolute atomic E-state index is 12.5. The molecule has 0 spiro atoms. The summed E-state index contributed by atoms with van der Waals surface area (Å²) in [7, 11) is -3.61. The van der Waals surface area contributed by atoms with E-state index in [4.69, 9.17) is 24.7 Å². The van der Waals surface area contributed by atoms with Gasteiger partial charge in [0.15, 0.2) is 0 Å². The Bertz CT molecular complexity index is 920. The molecule has 32 heavy (non-hydrogen) atoms. The molecule has 1 aliphatic rings. The maximum atomic E-state index is 12.5. The second-order valence-corrected chi connectivity index (χ2v) is 9.11. The fraction of sp³-hybridized carbons (Fsp3) is 0.478. The predicted octanol–water partition coefficient (Wildman–Crippen LogP) is 2.04. The van der Waals surface area contributed by atoms with Crippen molar-refractivity contribution in [2.75, 3.05) is 52.7 Å². The van der Waals surface area contributed by atoms with Crippen LogP contribution in [0.3, 0.4) is 0 Å². The van der Waals surface area contributed by atoms with Crippen LogP contribution in [0.4, 0.5) is 0 Å². The van der Waals surface area contributed by atoms with Crippen molar-refractivity contribution < 1.29 is 27.4 Å². The highest BCUT2D eigenvalue weighted by atomic mass is 32.2. The first-order valence-electron chi connectivity index (χ1n) is 10.9. The molecule has 0 aliphatic heterocycles. The Kier molecular flexibility index (Phi) is 9.91. The summed E-state index contributed by atoms with van der Waals surface area (Å²) in [5.74, 6) is 0.655. The second-order valence-electron chi connectivity index (χ2n) is 7.34. The van der Waals surface area contributed by atoms with E-state index in [1.807, 2.05) is 12.1 Å². The number of benzene rings is 2. The number of rotatable bonds is 15. The SMILES string of the molecule is NCCOCCOCCOCCNS(=O)(=O)c1ccc(O[C@@H]2CCc3ccccc32)cc1. The summed E-state index contributed by atoms with van der Waals surface area (Å²) in [6.07, 6.45) is 1.93. The van der Waals surface area contributed by atoms with Crippen LogP contribution in [0, 0.1) is 0 Å². The first-order valence-corrected chi connectivity index (χ1v) is 12.4. The molecule has 0 fully saturated rings. The van der Waals surface area contributed by atoms with Crippen LogP contribution in [0.25, 0.3) is 0 Å². The van der Waals surface area contributed by atoms with Gasteiger partial charge in [-0.2, -0.15) is 0 Å². The van der Waals surface area contributed by atoms with E-state index in [0.717, 1.165) is 12.8 Å². The summed E-state index contributed by atoms with van der Waals surface area (Å²) in [4.78, 5) is 0.192. The number of hydrogen-bond donors (Lipinski definition) is 2. The van der Waals surface area contributed by atoms with Gasteiger partial charge in [-0.1, -0.05) is 24.3 Å². The topological polar surface area (TPSA) is 109 Å². The maximum Gasteiger partial charge on any atom is 0.240 e. The van der Waals surface area contributed by atoms with E-state index in [1.54, 1.807) is 24.3 Å². The average Bonchev–Trinajstić information content (AvgIpc) is 3.21. The quantitative estimate of drug-likeness (QED) is 0.388. The van der Waals surface area contributed by atoms with E-state index in [1.165, 1.54) is 11.1 Å². The molecule has 0 bridgehead atoms. The normalized spacial score (nSPS) is 15.6. The van der Waals surface area contributed by atoms with E-state index in [2.05, 4.69) is 16.9 Å². The smallest absolute Gasteiger partial charge is 0.240 e. The molecule has 2 aromatic carbocycles. The molecule has 8 nitrogen and oxygen atoms in total. The van der Waals surface area contributed by atoms with Gasteiger partial charge >= 0.3 is 0 Å². The number of ether oxygens (including phenoxy) is 4. The van der Waals surface area contributed by atoms with Gasteiger partial charge in [-0.3, -0.25) is 0 Å². The second kappa shape index (κ2) is 12.9. The summed E-state index contributed by atoms with van der Waals surface area (Å²) < 4.78 is 49.4. The van der Waals surface area contributed by atoms with Gasteiger partial charge in [-0.05, 0) is 48.2 Å². The summed E-state index contributed by atoms with van der Waals surface area (Å²) in [5, 5.41) is 0. The largest absolute Gasteiger partial charge is 0.486 e. The molecule has 0 aromatic heterocycles. The molecule has 2 aromatic rings. The van der Waals surface area contributed by atoms with Gasteiger partial charge in [-0.25, -0.2) is 13.1 Å². The molecular weight excluding hydrogens is 432 g/mol. The standard InChI is InChI=1S/C23H32N2O6S/c24-11-13-28-15-17-30-18-16-29-14-12-25-32(26,27)21-8-6-20(7-9-21)31-23-10-5-19-3-1-2-4-22(19)23/h1-4,6-9,23,25H,5,10-18,24H2/t23-/m1/s1. The molecule has 0 saturated carbocycles. The van der Waals surface area contributed by atoms with Crippen LogP contribution in [-0.2, 0) is 30.7 Å². The van der Waals surface area contributed by atoms with Crippen molar-refractivity contribution >= 4 is 10.0 Å². The van der Waals surface area contributed by atoms with E-state index in [0.29, 0.717) is 45.3 Å². The number of nitrogens with one attached hydrogen (secondary N) is 1. The van der Waals surface area contributed by atoms with Crippen molar-refractivity contribution in [2.24, 2.45) is 5.73 Å². The minimum Gasteiger partial charge on any atom is -0.486 e. The highest BCUT2D eigenvalue weighted by molar-refractivity contribution is 7.89. The fourth-order valence-electron chi connectivity index (χ4n) is 3.46. The lowest BCUT2D eigenvalue weighted by molar-refractivity contribution is 0.0171. The van der Waals surface area contributed by atoms with Crippen molar-refractivity contribution in [3.8, 4) is 5.75 Å².